The Morgan fingerprint density at radius 1 is 1.39 bits per heavy atom. The average Bonchev–Trinajstić information content (AvgIpc) is 2.37. The van der Waals surface area contributed by atoms with Crippen LogP contribution in [-0.2, 0) is 19.1 Å². The summed E-state index contributed by atoms with van der Waals surface area (Å²) in [6.45, 7) is 11.3. The van der Waals surface area contributed by atoms with Gasteiger partial charge in [0.2, 0.25) is 5.91 Å². The summed E-state index contributed by atoms with van der Waals surface area (Å²) in [5, 5.41) is 2.51. The molecule has 1 amide bonds. The minimum absolute atomic E-state index is 0.193. The zero-order chi connectivity index (χ0) is 14.4. The highest BCUT2D eigenvalue weighted by molar-refractivity contribution is 5.87. The van der Waals surface area contributed by atoms with Crippen LogP contribution in [0, 0.1) is 0 Å². The van der Waals surface area contributed by atoms with Crippen molar-refractivity contribution in [1.82, 2.24) is 5.32 Å². The molecule has 0 saturated heterocycles. The summed E-state index contributed by atoms with van der Waals surface area (Å²) in [5.41, 5.74) is 0.433. The van der Waals surface area contributed by atoms with Crippen LogP contribution in [0.1, 0.15) is 26.7 Å². The van der Waals surface area contributed by atoms with E-state index in [2.05, 4.69) is 30.1 Å². The molecule has 0 aromatic carbocycles. The van der Waals surface area contributed by atoms with Crippen LogP contribution in [0.5, 0.6) is 0 Å². The van der Waals surface area contributed by atoms with Gasteiger partial charge in [0.05, 0.1) is 7.11 Å². The van der Waals surface area contributed by atoms with E-state index in [1.807, 2.05) is 0 Å². The summed E-state index contributed by atoms with van der Waals surface area (Å²) >= 11 is 0. The molecule has 0 radical (unpaired) electrons. The maximum Gasteiger partial charge on any atom is 0.332 e. The monoisotopic (exact) mass is 257 g/mol. The van der Waals surface area contributed by atoms with Gasteiger partial charge in [0.1, 0.15) is 6.73 Å². The van der Waals surface area contributed by atoms with Gasteiger partial charge in [-0.2, -0.15) is 0 Å². The lowest BCUT2D eigenvalue weighted by atomic mass is 10.4. The summed E-state index contributed by atoms with van der Waals surface area (Å²) in [5.74, 6) is -0.540. The first-order chi connectivity index (χ1) is 8.49. The third kappa shape index (κ3) is 14.4. The number of hydrogen-bond acceptors (Lipinski definition) is 4. The van der Waals surface area contributed by atoms with Crippen LogP contribution < -0.4 is 5.32 Å². The Hall–Kier alpha value is -1.62. The average molecular weight is 257 g/mol. The number of rotatable bonds is 7. The lowest BCUT2D eigenvalue weighted by molar-refractivity contribution is -0.136. The second kappa shape index (κ2) is 13.4. The Kier molecular flexibility index (Phi) is 14.0. The molecule has 0 bridgehead atoms. The molecular weight excluding hydrogens is 234 g/mol. The summed E-state index contributed by atoms with van der Waals surface area (Å²) in [7, 11) is 1.33. The molecule has 0 aliphatic carbocycles. The van der Waals surface area contributed by atoms with E-state index in [4.69, 9.17) is 4.74 Å². The van der Waals surface area contributed by atoms with Gasteiger partial charge in [0.25, 0.3) is 0 Å². The minimum Gasteiger partial charge on any atom is -0.466 e. The molecule has 18 heavy (non-hydrogen) atoms. The van der Waals surface area contributed by atoms with Crippen molar-refractivity contribution in [2.75, 3.05) is 20.4 Å². The second-order valence-corrected chi connectivity index (χ2v) is 3.42. The standard InChI is InChI=1S/C8H15NO2.C5H8O2/c1-3-5-6-11-7-9-8(10)4-2;1-4(2)5(6)7-3/h4H,2-3,5-7H2,1H3,(H,9,10);1H2,2-3H3. The van der Waals surface area contributed by atoms with Crippen molar-refractivity contribution >= 4 is 11.9 Å². The molecule has 0 aromatic heterocycles. The zero-order valence-electron chi connectivity index (χ0n) is 11.5. The molecule has 0 fully saturated rings. The van der Waals surface area contributed by atoms with Crippen LogP contribution in [0.3, 0.4) is 0 Å². The SMILES string of the molecule is C=C(C)C(=O)OC.C=CC(=O)NCOCCCC. The summed E-state index contributed by atoms with van der Waals surface area (Å²) in [4.78, 5) is 20.7. The van der Waals surface area contributed by atoms with Crippen molar-refractivity contribution in [2.45, 2.75) is 26.7 Å². The third-order valence-corrected chi connectivity index (χ3v) is 1.71. The number of hydrogen-bond donors (Lipinski definition) is 1. The lowest BCUT2D eigenvalue weighted by Gasteiger charge is -2.02. The van der Waals surface area contributed by atoms with E-state index in [1.165, 1.54) is 13.2 Å². The molecule has 0 unspecified atom stereocenters. The van der Waals surface area contributed by atoms with Gasteiger partial charge in [-0.15, -0.1) is 0 Å². The van der Waals surface area contributed by atoms with E-state index in [0.717, 1.165) is 12.8 Å². The van der Waals surface area contributed by atoms with E-state index in [0.29, 0.717) is 12.2 Å². The number of methoxy groups -OCH3 is 1. The fourth-order valence-corrected chi connectivity index (χ4v) is 0.687. The minimum atomic E-state index is -0.347. The lowest BCUT2D eigenvalue weighted by Crippen LogP contribution is -2.23. The number of carbonyl (C=O) groups excluding carboxylic acids is 2. The Balaban J connectivity index is 0. The van der Waals surface area contributed by atoms with Gasteiger partial charge in [0, 0.05) is 12.2 Å². The maximum absolute atomic E-state index is 10.5. The van der Waals surface area contributed by atoms with Crippen LogP contribution in [0.2, 0.25) is 0 Å². The van der Waals surface area contributed by atoms with E-state index >= 15 is 0 Å². The molecule has 0 atom stereocenters. The third-order valence-electron chi connectivity index (χ3n) is 1.71. The van der Waals surface area contributed by atoms with Crippen molar-refractivity contribution in [3.63, 3.8) is 0 Å². The van der Waals surface area contributed by atoms with Crippen molar-refractivity contribution in [1.29, 1.82) is 0 Å². The van der Waals surface area contributed by atoms with Gasteiger partial charge in [0.15, 0.2) is 0 Å². The first kappa shape index (κ1) is 18.7. The highest BCUT2D eigenvalue weighted by Crippen LogP contribution is 1.87. The molecule has 0 aromatic rings. The zero-order valence-corrected chi connectivity index (χ0v) is 11.5. The highest BCUT2D eigenvalue weighted by atomic mass is 16.5. The number of carbonyl (C=O) groups is 2. The Bertz CT molecular complexity index is 274. The molecule has 5 nitrogen and oxygen atoms in total. The number of esters is 1. The molecule has 0 aliphatic rings. The molecule has 0 heterocycles. The first-order valence-corrected chi connectivity index (χ1v) is 5.71. The van der Waals surface area contributed by atoms with Gasteiger partial charge in [-0.1, -0.05) is 26.5 Å². The van der Waals surface area contributed by atoms with Gasteiger partial charge >= 0.3 is 5.97 Å². The number of unbranched alkanes of at least 4 members (excludes halogenated alkanes) is 1. The van der Waals surface area contributed by atoms with E-state index in [-0.39, 0.29) is 18.6 Å². The Morgan fingerprint density at radius 3 is 2.33 bits per heavy atom. The van der Waals surface area contributed by atoms with Gasteiger partial charge in [-0.05, 0) is 19.4 Å². The summed E-state index contributed by atoms with van der Waals surface area (Å²) < 4.78 is 9.34. The smallest absolute Gasteiger partial charge is 0.332 e. The molecule has 5 heteroatoms. The number of amides is 1. The first-order valence-electron chi connectivity index (χ1n) is 5.71. The van der Waals surface area contributed by atoms with Crippen LogP contribution in [0.25, 0.3) is 0 Å². The number of ether oxygens (including phenoxy) is 2. The Morgan fingerprint density at radius 2 is 2.00 bits per heavy atom. The molecule has 104 valence electrons. The molecular formula is C13H23NO4. The van der Waals surface area contributed by atoms with Crippen LogP contribution in [0.4, 0.5) is 0 Å². The quantitative estimate of drug-likeness (QED) is 0.327. The van der Waals surface area contributed by atoms with Crippen LogP contribution >= 0.6 is 0 Å². The van der Waals surface area contributed by atoms with Crippen molar-refractivity contribution in [2.24, 2.45) is 0 Å². The normalized spacial score (nSPS) is 8.61. The summed E-state index contributed by atoms with van der Waals surface area (Å²) in [6.07, 6.45) is 3.36. The predicted octanol–water partition coefficient (Wildman–Crippen LogP) is 1.80. The van der Waals surface area contributed by atoms with E-state index < -0.39 is 0 Å². The largest absolute Gasteiger partial charge is 0.466 e. The Labute approximate surface area is 109 Å². The summed E-state index contributed by atoms with van der Waals surface area (Å²) in [6, 6.07) is 0. The maximum atomic E-state index is 10.5. The molecule has 0 spiro atoms. The fourth-order valence-electron chi connectivity index (χ4n) is 0.687. The fraction of sp³-hybridized carbons (Fsp3) is 0.538. The molecule has 0 rings (SSSR count). The second-order valence-electron chi connectivity index (χ2n) is 3.42. The highest BCUT2D eigenvalue weighted by Gasteiger charge is 1.95. The van der Waals surface area contributed by atoms with Gasteiger partial charge < -0.3 is 14.8 Å². The molecule has 1 N–H and O–H groups in total. The van der Waals surface area contributed by atoms with Crippen LogP contribution in [0.15, 0.2) is 24.8 Å². The number of nitrogens with one attached hydrogen (secondary N) is 1. The van der Waals surface area contributed by atoms with Crippen molar-refractivity contribution in [3.05, 3.63) is 24.8 Å². The van der Waals surface area contributed by atoms with Crippen molar-refractivity contribution in [3.8, 4) is 0 Å². The van der Waals surface area contributed by atoms with Gasteiger partial charge in [-0.25, -0.2) is 4.79 Å². The van der Waals surface area contributed by atoms with E-state index in [9.17, 15) is 9.59 Å². The topological polar surface area (TPSA) is 64.6 Å². The molecule has 0 aliphatic heterocycles. The predicted molar refractivity (Wildman–Crippen MR) is 70.9 cm³/mol. The van der Waals surface area contributed by atoms with Crippen molar-refractivity contribution < 1.29 is 19.1 Å². The van der Waals surface area contributed by atoms with Gasteiger partial charge in [-0.3, -0.25) is 4.79 Å². The van der Waals surface area contributed by atoms with E-state index in [1.54, 1.807) is 6.92 Å². The molecule has 0 saturated carbocycles. The van der Waals surface area contributed by atoms with Crippen LogP contribution in [-0.4, -0.2) is 32.3 Å².